The van der Waals surface area contributed by atoms with E-state index in [9.17, 15) is 14.7 Å². The first-order valence-corrected chi connectivity index (χ1v) is 7.32. The topological polar surface area (TPSA) is 91.4 Å². The second kappa shape index (κ2) is 5.27. The van der Waals surface area contributed by atoms with Crippen molar-refractivity contribution in [3.8, 4) is 0 Å². The zero-order chi connectivity index (χ0) is 14.9. The molecule has 0 unspecified atom stereocenters. The molecule has 6 heteroatoms. The quantitative estimate of drug-likeness (QED) is 0.750. The summed E-state index contributed by atoms with van der Waals surface area (Å²) in [4.78, 5) is 26.1. The van der Waals surface area contributed by atoms with Gasteiger partial charge in [-0.1, -0.05) is 0 Å². The van der Waals surface area contributed by atoms with Gasteiger partial charge < -0.3 is 20.1 Å². The minimum absolute atomic E-state index is 0.205. The highest BCUT2D eigenvalue weighted by Crippen LogP contribution is 2.57. The number of carbonyl (C=O) groups excluding carboxylic acids is 1. The number of carbonyl (C=O) groups is 1. The van der Waals surface area contributed by atoms with Crippen molar-refractivity contribution < 1.29 is 14.6 Å². The molecular formula is C15H20N2O4. The lowest BCUT2D eigenvalue weighted by atomic mass is 9.78. The molecule has 1 aliphatic heterocycles. The van der Waals surface area contributed by atoms with E-state index in [0.717, 1.165) is 12.8 Å². The monoisotopic (exact) mass is 292 g/mol. The van der Waals surface area contributed by atoms with Crippen molar-refractivity contribution in [1.82, 2.24) is 10.3 Å². The third-order valence-electron chi connectivity index (χ3n) is 4.77. The fourth-order valence-corrected chi connectivity index (χ4v) is 3.12. The van der Waals surface area contributed by atoms with Crippen molar-refractivity contribution in [3.05, 3.63) is 34.2 Å². The minimum atomic E-state index is -0.747. The van der Waals surface area contributed by atoms with Crippen molar-refractivity contribution in [1.29, 1.82) is 0 Å². The number of aliphatic hydroxyl groups is 1. The molecule has 21 heavy (non-hydrogen) atoms. The van der Waals surface area contributed by atoms with Crippen LogP contribution in [0.25, 0.3) is 0 Å². The first-order chi connectivity index (χ1) is 10.0. The summed E-state index contributed by atoms with van der Waals surface area (Å²) >= 11 is 0. The lowest BCUT2D eigenvalue weighted by molar-refractivity contribution is -0.108. The van der Waals surface area contributed by atoms with E-state index in [-0.39, 0.29) is 22.4 Å². The molecular weight excluding hydrogens is 272 g/mol. The van der Waals surface area contributed by atoms with Crippen LogP contribution in [0.4, 0.5) is 0 Å². The highest BCUT2D eigenvalue weighted by Gasteiger charge is 2.58. The Hall–Kier alpha value is -1.66. The molecule has 1 aromatic heterocycles. The van der Waals surface area contributed by atoms with E-state index in [4.69, 9.17) is 4.74 Å². The molecule has 1 amide bonds. The molecule has 0 bridgehead atoms. The first kappa shape index (κ1) is 14.3. The number of hydrogen-bond donors (Lipinski definition) is 3. The largest absolute Gasteiger partial charge is 0.389 e. The number of rotatable bonds is 4. The lowest BCUT2D eigenvalue weighted by Gasteiger charge is -2.39. The number of hydrogen-bond acceptors (Lipinski definition) is 4. The second-order valence-corrected chi connectivity index (χ2v) is 6.05. The molecule has 1 saturated carbocycles. The van der Waals surface area contributed by atoms with Gasteiger partial charge in [-0.05, 0) is 12.8 Å². The Bertz CT molecular complexity index is 585. The predicted molar refractivity (Wildman–Crippen MR) is 76.1 cm³/mol. The van der Waals surface area contributed by atoms with Crippen molar-refractivity contribution >= 4 is 5.91 Å². The average molecular weight is 292 g/mol. The molecule has 1 aromatic rings. The summed E-state index contributed by atoms with van der Waals surface area (Å²) < 4.78 is 5.31. The summed E-state index contributed by atoms with van der Waals surface area (Å²) in [5, 5.41) is 13.6. The van der Waals surface area contributed by atoms with Crippen LogP contribution < -0.4 is 10.7 Å². The third-order valence-corrected chi connectivity index (χ3v) is 4.77. The van der Waals surface area contributed by atoms with Crippen molar-refractivity contribution in [2.75, 3.05) is 19.8 Å². The molecule has 3 rings (SSSR count). The van der Waals surface area contributed by atoms with Crippen molar-refractivity contribution in [3.63, 3.8) is 0 Å². The van der Waals surface area contributed by atoms with Gasteiger partial charge >= 0.3 is 0 Å². The Morgan fingerprint density at radius 1 is 1.33 bits per heavy atom. The molecule has 3 N–H and O–H groups in total. The van der Waals surface area contributed by atoms with Gasteiger partial charge in [0.05, 0.1) is 5.60 Å². The maximum atomic E-state index is 12.1. The number of pyridine rings is 1. The summed E-state index contributed by atoms with van der Waals surface area (Å²) in [5.41, 5.74) is -0.940. The summed E-state index contributed by atoms with van der Waals surface area (Å²) in [6, 6.07) is 2.64. The van der Waals surface area contributed by atoms with E-state index in [0.29, 0.717) is 32.6 Å². The number of amides is 1. The zero-order valence-electron chi connectivity index (χ0n) is 11.9. The Morgan fingerprint density at radius 3 is 2.67 bits per heavy atom. The zero-order valence-corrected chi connectivity index (χ0v) is 11.9. The Balaban J connectivity index is 1.64. The normalized spacial score (nSPS) is 22.5. The van der Waals surface area contributed by atoms with Crippen molar-refractivity contribution in [2.45, 2.75) is 31.3 Å². The maximum absolute atomic E-state index is 12.1. The van der Waals surface area contributed by atoms with E-state index in [2.05, 4.69) is 10.3 Å². The SMILES string of the molecule is O=C(NCC1(C2(O)CCOCC2)CC1)c1cc(=O)cc[nH]1. The number of ether oxygens (including phenoxy) is 1. The van der Waals surface area contributed by atoms with Gasteiger partial charge in [-0.15, -0.1) is 0 Å². The third kappa shape index (κ3) is 2.73. The molecule has 2 heterocycles. The molecule has 2 aliphatic rings. The molecule has 0 aromatic carbocycles. The van der Waals surface area contributed by atoms with Crippen LogP contribution in [0.15, 0.2) is 23.1 Å². The lowest BCUT2D eigenvalue weighted by Crippen LogP contribution is -2.49. The van der Waals surface area contributed by atoms with Gasteiger partial charge in [-0.25, -0.2) is 0 Å². The van der Waals surface area contributed by atoms with Gasteiger partial charge in [0.1, 0.15) is 5.69 Å². The number of aromatic amines is 1. The summed E-state index contributed by atoms with van der Waals surface area (Å²) in [6.45, 7) is 1.57. The highest BCUT2D eigenvalue weighted by molar-refractivity contribution is 5.92. The van der Waals surface area contributed by atoms with Gasteiger partial charge in [0.2, 0.25) is 0 Å². The molecule has 6 nitrogen and oxygen atoms in total. The van der Waals surface area contributed by atoms with Crippen LogP contribution in [0.2, 0.25) is 0 Å². The Morgan fingerprint density at radius 2 is 2.05 bits per heavy atom. The standard InChI is InChI=1S/C15H20N2O4/c18-11-1-6-16-12(9-11)13(19)17-10-14(2-3-14)15(20)4-7-21-8-5-15/h1,6,9,20H,2-5,7-8,10H2,(H,16,18)(H,17,19). The van der Waals surface area contributed by atoms with E-state index in [1.54, 1.807) is 0 Å². The van der Waals surface area contributed by atoms with Crippen LogP contribution in [0.5, 0.6) is 0 Å². The Labute approximate surface area is 122 Å². The van der Waals surface area contributed by atoms with Crippen LogP contribution in [0.3, 0.4) is 0 Å². The van der Waals surface area contributed by atoms with E-state index in [1.807, 2.05) is 0 Å². The summed E-state index contributed by atoms with van der Waals surface area (Å²) in [6.07, 6.45) is 4.51. The molecule has 0 radical (unpaired) electrons. The molecule has 0 spiro atoms. The number of H-pyrrole nitrogens is 1. The van der Waals surface area contributed by atoms with Crippen LogP contribution in [0.1, 0.15) is 36.2 Å². The van der Waals surface area contributed by atoms with Crippen LogP contribution in [-0.4, -0.2) is 41.4 Å². The summed E-state index contributed by atoms with van der Waals surface area (Å²) in [7, 11) is 0. The molecule has 1 saturated heterocycles. The first-order valence-electron chi connectivity index (χ1n) is 7.32. The summed E-state index contributed by atoms with van der Waals surface area (Å²) in [5.74, 6) is -0.311. The second-order valence-electron chi connectivity index (χ2n) is 6.05. The molecule has 2 fully saturated rings. The van der Waals surface area contributed by atoms with Gasteiger partial charge in [-0.2, -0.15) is 0 Å². The fourth-order valence-electron chi connectivity index (χ4n) is 3.12. The van der Waals surface area contributed by atoms with Crippen LogP contribution in [-0.2, 0) is 4.74 Å². The van der Waals surface area contributed by atoms with Gasteiger partial charge in [0, 0.05) is 56.3 Å². The molecule has 0 atom stereocenters. The van der Waals surface area contributed by atoms with Gasteiger partial charge in [0.15, 0.2) is 5.43 Å². The van der Waals surface area contributed by atoms with E-state index in [1.165, 1.54) is 18.3 Å². The van der Waals surface area contributed by atoms with Crippen LogP contribution in [0, 0.1) is 5.41 Å². The van der Waals surface area contributed by atoms with Crippen molar-refractivity contribution in [2.24, 2.45) is 5.41 Å². The smallest absolute Gasteiger partial charge is 0.267 e. The van der Waals surface area contributed by atoms with E-state index < -0.39 is 5.60 Å². The molecule has 1 aliphatic carbocycles. The molecule has 114 valence electrons. The highest BCUT2D eigenvalue weighted by atomic mass is 16.5. The fraction of sp³-hybridized carbons (Fsp3) is 0.600. The van der Waals surface area contributed by atoms with Crippen LogP contribution >= 0.6 is 0 Å². The average Bonchev–Trinajstić information content (AvgIpc) is 3.27. The predicted octanol–water partition coefficient (Wildman–Crippen LogP) is 0.426. The van der Waals surface area contributed by atoms with E-state index >= 15 is 0 Å². The van der Waals surface area contributed by atoms with Gasteiger partial charge in [0.25, 0.3) is 5.91 Å². The number of nitrogens with one attached hydrogen (secondary N) is 2. The van der Waals surface area contributed by atoms with Gasteiger partial charge in [-0.3, -0.25) is 9.59 Å². The number of aromatic nitrogens is 1. The minimum Gasteiger partial charge on any atom is -0.389 e. The maximum Gasteiger partial charge on any atom is 0.267 e. The Kier molecular flexibility index (Phi) is 3.59.